The Morgan fingerprint density at radius 2 is 1.61 bits per heavy atom. The van der Waals surface area contributed by atoms with E-state index < -0.39 is 13.2 Å². The standard InChI is InChI=1S/C22H24BNO4/c1-21(2)22(3,4)28-23(27-21)19-11-10-17-13-24(14-18(17)12-19)20(25)26-15-16-8-6-5-7-9-16/h5-14H,15H2,1-4H3. The smallest absolute Gasteiger partial charge is 0.444 e. The zero-order chi connectivity index (χ0) is 19.9. The van der Waals surface area contributed by atoms with Crippen molar-refractivity contribution in [2.75, 3.05) is 0 Å². The number of benzene rings is 2. The van der Waals surface area contributed by atoms with Crippen molar-refractivity contribution in [3.05, 3.63) is 66.5 Å². The maximum absolute atomic E-state index is 12.4. The monoisotopic (exact) mass is 377 g/mol. The lowest BCUT2D eigenvalue weighted by atomic mass is 9.78. The quantitative estimate of drug-likeness (QED) is 0.645. The third-order valence-corrected chi connectivity index (χ3v) is 5.61. The average molecular weight is 377 g/mol. The highest BCUT2D eigenvalue weighted by Crippen LogP contribution is 2.36. The van der Waals surface area contributed by atoms with Crippen LogP contribution in [0.5, 0.6) is 0 Å². The molecule has 0 N–H and O–H groups in total. The third kappa shape index (κ3) is 3.45. The fourth-order valence-electron chi connectivity index (χ4n) is 3.18. The van der Waals surface area contributed by atoms with Crippen LogP contribution in [0.25, 0.3) is 10.8 Å². The molecule has 0 bridgehead atoms. The van der Waals surface area contributed by atoms with Crippen molar-refractivity contribution in [3.63, 3.8) is 0 Å². The van der Waals surface area contributed by atoms with Gasteiger partial charge in [-0.05, 0) is 49.5 Å². The topological polar surface area (TPSA) is 49.7 Å². The molecule has 0 saturated carbocycles. The molecule has 0 aliphatic carbocycles. The minimum atomic E-state index is -0.428. The molecule has 1 aliphatic rings. The highest BCUT2D eigenvalue weighted by Gasteiger charge is 2.51. The summed E-state index contributed by atoms with van der Waals surface area (Å²) in [4.78, 5) is 12.4. The van der Waals surface area contributed by atoms with Gasteiger partial charge in [0.1, 0.15) is 6.61 Å². The normalized spacial score (nSPS) is 17.8. The third-order valence-electron chi connectivity index (χ3n) is 5.61. The number of nitrogens with zero attached hydrogens (tertiary/aromatic N) is 1. The summed E-state index contributed by atoms with van der Waals surface area (Å²) in [5.41, 5.74) is 1.11. The average Bonchev–Trinajstić information content (AvgIpc) is 3.18. The number of carbonyl (C=O) groups excluding carboxylic acids is 1. The van der Waals surface area contributed by atoms with Crippen molar-refractivity contribution in [1.82, 2.24) is 4.57 Å². The highest BCUT2D eigenvalue weighted by molar-refractivity contribution is 6.62. The molecule has 0 radical (unpaired) electrons. The maximum atomic E-state index is 12.4. The summed E-state index contributed by atoms with van der Waals surface area (Å²) >= 11 is 0. The summed E-state index contributed by atoms with van der Waals surface area (Å²) in [5.74, 6) is 0. The number of rotatable bonds is 3. The second kappa shape index (κ2) is 6.80. The van der Waals surface area contributed by atoms with Gasteiger partial charge in [0.25, 0.3) is 0 Å². The van der Waals surface area contributed by atoms with Crippen LogP contribution in [0.3, 0.4) is 0 Å². The molecule has 1 saturated heterocycles. The Balaban J connectivity index is 1.51. The van der Waals surface area contributed by atoms with Gasteiger partial charge < -0.3 is 14.0 Å². The van der Waals surface area contributed by atoms with Crippen LogP contribution >= 0.6 is 0 Å². The van der Waals surface area contributed by atoms with Crippen LogP contribution in [0, 0.1) is 0 Å². The zero-order valence-electron chi connectivity index (χ0n) is 16.6. The van der Waals surface area contributed by atoms with Crippen molar-refractivity contribution < 1.29 is 18.8 Å². The molecule has 1 aromatic heterocycles. The molecule has 3 aromatic rings. The van der Waals surface area contributed by atoms with Gasteiger partial charge in [-0.25, -0.2) is 4.79 Å². The van der Waals surface area contributed by atoms with Gasteiger partial charge in [-0.2, -0.15) is 0 Å². The Kier molecular flexibility index (Phi) is 4.56. The highest BCUT2D eigenvalue weighted by atomic mass is 16.7. The number of ether oxygens (including phenoxy) is 1. The molecule has 1 aliphatic heterocycles. The van der Waals surface area contributed by atoms with Gasteiger partial charge in [0.05, 0.1) is 11.2 Å². The second-order valence-electron chi connectivity index (χ2n) is 8.18. The van der Waals surface area contributed by atoms with E-state index in [1.165, 1.54) is 4.57 Å². The Labute approximate surface area is 165 Å². The Hall–Kier alpha value is -2.57. The second-order valence-corrected chi connectivity index (χ2v) is 8.18. The van der Waals surface area contributed by atoms with E-state index in [1.54, 1.807) is 12.4 Å². The fraction of sp³-hybridized carbons (Fsp3) is 0.318. The Bertz CT molecular complexity index is 994. The van der Waals surface area contributed by atoms with Crippen molar-refractivity contribution in [2.45, 2.75) is 45.5 Å². The minimum absolute atomic E-state index is 0.243. The lowest BCUT2D eigenvalue weighted by Gasteiger charge is -2.32. The van der Waals surface area contributed by atoms with E-state index in [4.69, 9.17) is 14.0 Å². The molecular weight excluding hydrogens is 353 g/mol. The van der Waals surface area contributed by atoms with Crippen LogP contribution in [0.2, 0.25) is 0 Å². The summed E-state index contributed by atoms with van der Waals surface area (Å²) in [6.45, 7) is 8.37. The molecule has 0 spiro atoms. The van der Waals surface area contributed by atoms with Crippen LogP contribution < -0.4 is 5.46 Å². The van der Waals surface area contributed by atoms with Crippen molar-refractivity contribution >= 4 is 29.4 Å². The van der Waals surface area contributed by atoms with Gasteiger partial charge >= 0.3 is 13.2 Å². The van der Waals surface area contributed by atoms with Gasteiger partial charge in [0.15, 0.2) is 0 Å². The Morgan fingerprint density at radius 1 is 0.964 bits per heavy atom. The van der Waals surface area contributed by atoms with Gasteiger partial charge in [-0.15, -0.1) is 0 Å². The molecule has 5 nitrogen and oxygen atoms in total. The van der Waals surface area contributed by atoms with Crippen molar-refractivity contribution in [3.8, 4) is 0 Å². The fourth-order valence-corrected chi connectivity index (χ4v) is 3.18. The molecule has 2 aromatic carbocycles. The summed E-state index contributed by atoms with van der Waals surface area (Å²) in [6, 6.07) is 15.6. The number of fused-ring (bicyclic) bond motifs is 1. The number of aromatic nitrogens is 1. The maximum Gasteiger partial charge on any atom is 0.494 e. The summed E-state index contributed by atoms with van der Waals surface area (Å²) in [5, 5.41) is 1.89. The van der Waals surface area contributed by atoms with Gasteiger partial charge in [0, 0.05) is 12.4 Å². The molecule has 0 atom stereocenters. The lowest BCUT2D eigenvalue weighted by Crippen LogP contribution is -2.41. The molecule has 6 heteroatoms. The SMILES string of the molecule is CC1(C)OB(c2ccc3cn(C(=O)OCc4ccccc4)cc3c2)OC1(C)C. The number of carbonyl (C=O) groups is 1. The molecule has 4 rings (SSSR count). The number of hydrogen-bond donors (Lipinski definition) is 0. The van der Waals surface area contributed by atoms with E-state index in [2.05, 4.69) is 0 Å². The zero-order valence-corrected chi connectivity index (χ0v) is 16.6. The Morgan fingerprint density at radius 3 is 2.29 bits per heavy atom. The number of hydrogen-bond acceptors (Lipinski definition) is 4. The molecule has 28 heavy (non-hydrogen) atoms. The van der Waals surface area contributed by atoms with Crippen molar-refractivity contribution in [2.24, 2.45) is 0 Å². The van der Waals surface area contributed by atoms with E-state index >= 15 is 0 Å². The molecule has 0 unspecified atom stereocenters. The van der Waals surface area contributed by atoms with Gasteiger partial charge in [-0.3, -0.25) is 4.57 Å². The summed E-state index contributed by atoms with van der Waals surface area (Å²) < 4.78 is 19.1. The van der Waals surface area contributed by atoms with Crippen LogP contribution in [0.1, 0.15) is 33.3 Å². The molecule has 1 fully saturated rings. The van der Waals surface area contributed by atoms with E-state index in [0.29, 0.717) is 0 Å². The molecule has 144 valence electrons. The van der Waals surface area contributed by atoms with Crippen LogP contribution in [0.4, 0.5) is 4.79 Å². The molecular formula is C22H24BNO4. The summed E-state index contributed by atoms with van der Waals surface area (Å²) in [7, 11) is -0.428. The van der Waals surface area contributed by atoms with Crippen LogP contribution in [0.15, 0.2) is 60.9 Å². The van der Waals surface area contributed by atoms with Gasteiger partial charge in [0.2, 0.25) is 0 Å². The summed E-state index contributed by atoms with van der Waals surface area (Å²) in [6.07, 6.45) is 3.14. The largest absolute Gasteiger partial charge is 0.494 e. The van der Waals surface area contributed by atoms with E-state index in [9.17, 15) is 4.79 Å². The van der Waals surface area contributed by atoms with Crippen molar-refractivity contribution in [1.29, 1.82) is 0 Å². The van der Waals surface area contributed by atoms with E-state index in [0.717, 1.165) is 21.8 Å². The van der Waals surface area contributed by atoms with E-state index in [1.807, 2.05) is 76.2 Å². The van der Waals surface area contributed by atoms with Crippen LogP contribution in [-0.4, -0.2) is 29.0 Å². The van der Waals surface area contributed by atoms with E-state index in [-0.39, 0.29) is 17.8 Å². The first-order chi connectivity index (χ1) is 13.2. The first-order valence-corrected chi connectivity index (χ1v) is 9.43. The first kappa shape index (κ1) is 18.8. The van der Waals surface area contributed by atoms with Crippen LogP contribution in [-0.2, 0) is 20.7 Å². The lowest BCUT2D eigenvalue weighted by molar-refractivity contribution is 0.00578. The predicted octanol–water partition coefficient (Wildman–Crippen LogP) is 4.13. The van der Waals surface area contributed by atoms with Gasteiger partial charge in [-0.1, -0.05) is 48.5 Å². The predicted molar refractivity (Wildman–Crippen MR) is 110 cm³/mol. The molecule has 2 heterocycles. The first-order valence-electron chi connectivity index (χ1n) is 9.43. The molecule has 0 amide bonds. The minimum Gasteiger partial charge on any atom is -0.444 e.